The van der Waals surface area contributed by atoms with Crippen molar-refractivity contribution in [2.45, 2.75) is 26.3 Å². The van der Waals surface area contributed by atoms with Gasteiger partial charge >= 0.3 is 0 Å². The van der Waals surface area contributed by atoms with Crippen LogP contribution < -0.4 is 10.6 Å². The van der Waals surface area contributed by atoms with E-state index in [-0.39, 0.29) is 6.04 Å². The van der Waals surface area contributed by atoms with Gasteiger partial charge in [0.2, 0.25) is 0 Å². The minimum Gasteiger partial charge on any atom is -0.356 e. The Labute approximate surface area is 125 Å². The van der Waals surface area contributed by atoms with Crippen molar-refractivity contribution in [1.29, 1.82) is 0 Å². The summed E-state index contributed by atoms with van der Waals surface area (Å²) in [5.41, 5.74) is 2.36. The van der Waals surface area contributed by atoms with Gasteiger partial charge in [-0.2, -0.15) is 0 Å². The molecule has 20 heavy (non-hydrogen) atoms. The van der Waals surface area contributed by atoms with E-state index in [1.54, 1.807) is 0 Å². The van der Waals surface area contributed by atoms with Crippen LogP contribution in [0, 0.1) is 6.92 Å². The number of benzene rings is 1. The van der Waals surface area contributed by atoms with Gasteiger partial charge in [-0.1, -0.05) is 43.3 Å². The highest BCUT2D eigenvalue weighted by atomic mass is 32.1. The molecule has 0 aliphatic rings. The smallest absolute Gasteiger partial charge is 0.172 e. The van der Waals surface area contributed by atoms with Gasteiger partial charge in [0.25, 0.3) is 0 Å². The summed E-state index contributed by atoms with van der Waals surface area (Å²) in [6.07, 6.45) is 2.78. The third kappa shape index (κ3) is 4.03. The molecule has 104 valence electrons. The number of thiocarbonyl (C=S) groups is 1. The van der Waals surface area contributed by atoms with E-state index in [9.17, 15) is 0 Å². The lowest BCUT2D eigenvalue weighted by molar-refractivity contribution is 0.629. The maximum Gasteiger partial charge on any atom is 0.172 e. The Hall–Kier alpha value is -1.94. The summed E-state index contributed by atoms with van der Waals surface area (Å²) in [7, 11) is 0. The van der Waals surface area contributed by atoms with Gasteiger partial charge in [0.05, 0.1) is 6.04 Å². The standard InChI is InChI=1S/C16H19N3S/c1-3-14(13-7-5-4-6-8-13)18-16(20)19-15-10-9-12(2)11-17-15/h4-11,14H,3H2,1-2H3,(H2,17,18,19,20)/t14-/m0/s1. The fraction of sp³-hybridized carbons (Fsp3) is 0.250. The van der Waals surface area contributed by atoms with E-state index >= 15 is 0 Å². The van der Waals surface area contributed by atoms with E-state index in [0.29, 0.717) is 5.11 Å². The zero-order valence-electron chi connectivity index (χ0n) is 11.8. The van der Waals surface area contributed by atoms with Gasteiger partial charge in [-0.3, -0.25) is 0 Å². The van der Waals surface area contributed by atoms with Crippen LogP contribution in [0.4, 0.5) is 5.82 Å². The van der Waals surface area contributed by atoms with E-state index in [4.69, 9.17) is 12.2 Å². The number of rotatable bonds is 4. The van der Waals surface area contributed by atoms with Crippen LogP contribution in [0.3, 0.4) is 0 Å². The number of pyridine rings is 1. The van der Waals surface area contributed by atoms with E-state index in [1.165, 1.54) is 5.56 Å². The average molecular weight is 285 g/mol. The summed E-state index contributed by atoms with van der Waals surface area (Å²) in [6, 6.07) is 14.4. The molecular formula is C16H19N3S. The monoisotopic (exact) mass is 285 g/mol. The van der Waals surface area contributed by atoms with Crippen molar-refractivity contribution in [2.24, 2.45) is 0 Å². The molecule has 3 nitrogen and oxygen atoms in total. The van der Waals surface area contributed by atoms with Gasteiger partial charge in [-0.05, 0) is 42.8 Å². The lowest BCUT2D eigenvalue weighted by atomic mass is 10.1. The zero-order valence-corrected chi connectivity index (χ0v) is 12.6. The van der Waals surface area contributed by atoms with Crippen LogP contribution in [-0.2, 0) is 0 Å². The Balaban J connectivity index is 1.97. The molecule has 0 saturated carbocycles. The Morgan fingerprint density at radius 2 is 1.95 bits per heavy atom. The molecule has 1 aromatic heterocycles. The molecular weight excluding hydrogens is 266 g/mol. The first-order chi connectivity index (χ1) is 9.69. The molecule has 4 heteroatoms. The van der Waals surface area contributed by atoms with Crippen LogP contribution in [0.15, 0.2) is 48.7 Å². The summed E-state index contributed by atoms with van der Waals surface area (Å²) >= 11 is 5.35. The minimum atomic E-state index is 0.210. The van der Waals surface area contributed by atoms with E-state index in [2.05, 4.69) is 34.7 Å². The molecule has 1 aromatic carbocycles. The predicted octanol–water partition coefficient (Wildman–Crippen LogP) is 3.83. The lowest BCUT2D eigenvalue weighted by Gasteiger charge is -2.19. The molecule has 1 atom stereocenters. The second-order valence-electron chi connectivity index (χ2n) is 4.69. The van der Waals surface area contributed by atoms with Crippen LogP contribution in [0.1, 0.15) is 30.5 Å². The van der Waals surface area contributed by atoms with Crippen molar-refractivity contribution < 1.29 is 0 Å². The van der Waals surface area contributed by atoms with Crippen molar-refractivity contribution in [1.82, 2.24) is 10.3 Å². The van der Waals surface area contributed by atoms with Gasteiger partial charge in [0, 0.05) is 6.20 Å². The number of hydrogen-bond donors (Lipinski definition) is 2. The van der Waals surface area contributed by atoms with Crippen molar-refractivity contribution in [3.8, 4) is 0 Å². The number of aromatic nitrogens is 1. The number of hydrogen-bond acceptors (Lipinski definition) is 2. The zero-order chi connectivity index (χ0) is 14.4. The van der Waals surface area contributed by atoms with Crippen LogP contribution >= 0.6 is 12.2 Å². The molecule has 0 amide bonds. The summed E-state index contributed by atoms with van der Waals surface area (Å²) in [4.78, 5) is 4.29. The van der Waals surface area contributed by atoms with Crippen molar-refractivity contribution in [3.05, 3.63) is 59.8 Å². The van der Waals surface area contributed by atoms with Crippen molar-refractivity contribution in [2.75, 3.05) is 5.32 Å². The summed E-state index contributed by atoms with van der Waals surface area (Å²) in [5.74, 6) is 0.760. The van der Waals surface area contributed by atoms with Gasteiger partial charge in [-0.15, -0.1) is 0 Å². The number of nitrogens with zero attached hydrogens (tertiary/aromatic N) is 1. The maximum atomic E-state index is 5.35. The Morgan fingerprint density at radius 3 is 2.55 bits per heavy atom. The first-order valence-corrected chi connectivity index (χ1v) is 7.15. The van der Waals surface area contributed by atoms with Crippen molar-refractivity contribution >= 4 is 23.1 Å². The molecule has 2 N–H and O–H groups in total. The van der Waals surface area contributed by atoms with Gasteiger partial charge in [-0.25, -0.2) is 4.98 Å². The third-order valence-electron chi connectivity index (χ3n) is 3.07. The number of aryl methyl sites for hydroxylation is 1. The molecule has 1 heterocycles. The van der Waals surface area contributed by atoms with E-state index in [1.807, 2.05) is 43.5 Å². The molecule has 0 fully saturated rings. The van der Waals surface area contributed by atoms with Crippen molar-refractivity contribution in [3.63, 3.8) is 0 Å². The largest absolute Gasteiger partial charge is 0.356 e. The molecule has 2 rings (SSSR count). The normalized spacial score (nSPS) is 11.7. The highest BCUT2D eigenvalue weighted by molar-refractivity contribution is 7.80. The summed E-state index contributed by atoms with van der Waals surface area (Å²) < 4.78 is 0. The third-order valence-corrected chi connectivity index (χ3v) is 3.29. The topological polar surface area (TPSA) is 37.0 Å². The predicted molar refractivity (Wildman–Crippen MR) is 87.8 cm³/mol. The molecule has 0 aliphatic heterocycles. The Bertz CT molecular complexity index is 552. The average Bonchev–Trinajstić information content (AvgIpc) is 2.48. The molecule has 2 aromatic rings. The van der Waals surface area contributed by atoms with E-state index in [0.717, 1.165) is 17.8 Å². The Morgan fingerprint density at radius 1 is 1.20 bits per heavy atom. The van der Waals surface area contributed by atoms with Gasteiger partial charge in [0.1, 0.15) is 5.82 Å². The quantitative estimate of drug-likeness (QED) is 0.837. The summed E-state index contributed by atoms with van der Waals surface area (Å²) in [5, 5.41) is 7.03. The molecule has 0 bridgehead atoms. The fourth-order valence-electron chi connectivity index (χ4n) is 1.96. The maximum absolute atomic E-state index is 5.35. The molecule has 0 radical (unpaired) electrons. The SMILES string of the molecule is CC[C@H](NC(=S)Nc1ccc(C)cn1)c1ccccc1. The molecule has 0 unspecified atom stereocenters. The molecule has 0 saturated heterocycles. The van der Waals surface area contributed by atoms with Crippen LogP contribution in [0.25, 0.3) is 0 Å². The Kier molecular flexibility index (Phi) is 5.07. The number of nitrogens with one attached hydrogen (secondary N) is 2. The fourth-order valence-corrected chi connectivity index (χ4v) is 2.21. The molecule has 0 spiro atoms. The second kappa shape index (κ2) is 7.01. The number of anilines is 1. The van der Waals surface area contributed by atoms with Crippen LogP contribution in [0.2, 0.25) is 0 Å². The van der Waals surface area contributed by atoms with Crippen LogP contribution in [0.5, 0.6) is 0 Å². The lowest BCUT2D eigenvalue weighted by Crippen LogP contribution is -2.32. The first-order valence-electron chi connectivity index (χ1n) is 6.74. The molecule has 0 aliphatic carbocycles. The highest BCUT2D eigenvalue weighted by Gasteiger charge is 2.10. The first kappa shape index (κ1) is 14.5. The minimum absolute atomic E-state index is 0.210. The van der Waals surface area contributed by atoms with Crippen LogP contribution in [-0.4, -0.2) is 10.1 Å². The van der Waals surface area contributed by atoms with Gasteiger partial charge < -0.3 is 10.6 Å². The second-order valence-corrected chi connectivity index (χ2v) is 5.10. The summed E-state index contributed by atoms with van der Waals surface area (Å²) in [6.45, 7) is 4.15. The highest BCUT2D eigenvalue weighted by Crippen LogP contribution is 2.16. The van der Waals surface area contributed by atoms with Gasteiger partial charge in [0.15, 0.2) is 5.11 Å². The van der Waals surface area contributed by atoms with E-state index < -0.39 is 0 Å².